The number of carbonyl (C=O) groups is 1. The number of nitrogens with zero attached hydrogens (tertiary/aromatic N) is 6. The molecule has 36 heavy (non-hydrogen) atoms. The molecule has 1 amide bonds. The van der Waals surface area contributed by atoms with Gasteiger partial charge in [-0.1, -0.05) is 30.3 Å². The van der Waals surface area contributed by atoms with Crippen LogP contribution in [0.3, 0.4) is 0 Å². The lowest BCUT2D eigenvalue weighted by Crippen LogP contribution is -2.35. The van der Waals surface area contributed by atoms with Crippen molar-refractivity contribution in [3.8, 4) is 23.0 Å². The highest BCUT2D eigenvalue weighted by molar-refractivity contribution is 5.92. The fourth-order valence-electron chi connectivity index (χ4n) is 3.71. The van der Waals surface area contributed by atoms with E-state index >= 15 is 0 Å². The van der Waals surface area contributed by atoms with E-state index in [4.69, 9.17) is 10.4 Å². The molecule has 2 heterocycles. The number of aromatic nitrogens is 3. The Labute approximate surface area is 211 Å². The molecule has 4 rings (SSSR count). The summed E-state index contributed by atoms with van der Waals surface area (Å²) >= 11 is 0. The molecule has 0 saturated heterocycles. The maximum Gasteiger partial charge on any atom is 0.246 e. The van der Waals surface area contributed by atoms with Crippen LogP contribution in [-0.2, 0) is 11.3 Å². The summed E-state index contributed by atoms with van der Waals surface area (Å²) < 4.78 is 1.81. The molecule has 0 atom stereocenters. The van der Waals surface area contributed by atoms with Crippen molar-refractivity contribution in [2.45, 2.75) is 6.54 Å². The molecule has 0 saturated carbocycles. The van der Waals surface area contributed by atoms with E-state index in [-0.39, 0.29) is 5.91 Å². The zero-order chi connectivity index (χ0) is 25.3. The number of para-hydroxylation sites is 1. The molecule has 0 aliphatic heterocycles. The molecule has 0 unspecified atom stereocenters. The van der Waals surface area contributed by atoms with Crippen molar-refractivity contribution in [3.63, 3.8) is 0 Å². The lowest BCUT2D eigenvalue weighted by Gasteiger charge is -2.23. The number of hydrogen-bond donors (Lipinski definition) is 0. The van der Waals surface area contributed by atoms with Gasteiger partial charge in [0.1, 0.15) is 5.69 Å². The van der Waals surface area contributed by atoms with Crippen LogP contribution in [0.25, 0.3) is 23.0 Å². The third-order valence-electron chi connectivity index (χ3n) is 5.69. The van der Waals surface area contributed by atoms with E-state index in [1.54, 1.807) is 30.6 Å². The van der Waals surface area contributed by atoms with Gasteiger partial charge in [-0.05, 0) is 62.1 Å². The summed E-state index contributed by atoms with van der Waals surface area (Å²) in [7, 11) is 3.97. The van der Waals surface area contributed by atoms with Gasteiger partial charge in [-0.15, -0.1) is 0 Å². The van der Waals surface area contributed by atoms with Gasteiger partial charge in [0.2, 0.25) is 5.91 Å². The van der Waals surface area contributed by atoms with Crippen LogP contribution >= 0.6 is 0 Å². The van der Waals surface area contributed by atoms with Gasteiger partial charge in [-0.25, -0.2) is 4.68 Å². The number of likely N-dealkylation sites (N-methyl/N-ethyl adjacent to an activating group) is 1. The van der Waals surface area contributed by atoms with Crippen LogP contribution in [-0.4, -0.2) is 57.7 Å². The van der Waals surface area contributed by atoms with Crippen molar-refractivity contribution < 1.29 is 4.79 Å². The van der Waals surface area contributed by atoms with Crippen LogP contribution in [0.4, 0.5) is 0 Å². The zero-order valence-corrected chi connectivity index (χ0v) is 20.5. The minimum Gasteiger partial charge on any atom is -0.334 e. The van der Waals surface area contributed by atoms with Gasteiger partial charge in [0.25, 0.3) is 0 Å². The second-order valence-electron chi connectivity index (χ2n) is 8.66. The average molecular weight is 477 g/mol. The standard InChI is InChI=1S/C29H28N6O/c1-33(2)17-18-34(21-24-12-10-23(19-30)11-13-24)28(36)15-14-26-22-35(27-8-4-3-5-9-27)32-29(26)25-7-6-16-31-20-25/h3-16,20,22H,17-18,21H2,1-2H3. The Bertz CT molecular complexity index is 1350. The fraction of sp³-hybridized carbons (Fsp3) is 0.172. The second-order valence-corrected chi connectivity index (χ2v) is 8.66. The number of rotatable bonds is 9. The lowest BCUT2D eigenvalue weighted by atomic mass is 10.1. The molecule has 7 heteroatoms. The van der Waals surface area contributed by atoms with Crippen LogP contribution in [0.5, 0.6) is 0 Å². The van der Waals surface area contributed by atoms with Gasteiger partial charge >= 0.3 is 0 Å². The van der Waals surface area contributed by atoms with E-state index < -0.39 is 0 Å². The number of benzene rings is 2. The Balaban J connectivity index is 1.61. The Morgan fingerprint density at radius 1 is 1.03 bits per heavy atom. The molecule has 0 N–H and O–H groups in total. The van der Waals surface area contributed by atoms with Crippen molar-refractivity contribution in [2.24, 2.45) is 0 Å². The minimum absolute atomic E-state index is 0.0918. The van der Waals surface area contributed by atoms with E-state index in [0.29, 0.717) is 18.7 Å². The molecule has 0 aliphatic rings. The normalized spacial score (nSPS) is 11.1. The van der Waals surface area contributed by atoms with Crippen molar-refractivity contribution in [1.29, 1.82) is 5.26 Å². The predicted octanol–water partition coefficient (Wildman–Crippen LogP) is 4.41. The van der Waals surface area contributed by atoms with Crippen LogP contribution in [0.2, 0.25) is 0 Å². The topological polar surface area (TPSA) is 78.0 Å². The van der Waals surface area contributed by atoms with E-state index in [1.807, 2.05) is 95.4 Å². The van der Waals surface area contributed by atoms with E-state index in [2.05, 4.69) is 11.1 Å². The highest BCUT2D eigenvalue weighted by Gasteiger charge is 2.14. The first-order valence-electron chi connectivity index (χ1n) is 11.7. The molecular weight excluding hydrogens is 448 g/mol. The monoisotopic (exact) mass is 476 g/mol. The number of carbonyl (C=O) groups excluding carboxylic acids is 1. The number of nitriles is 1. The van der Waals surface area contributed by atoms with Crippen LogP contribution in [0.1, 0.15) is 16.7 Å². The van der Waals surface area contributed by atoms with E-state index in [1.165, 1.54) is 0 Å². The van der Waals surface area contributed by atoms with Crippen molar-refractivity contribution >= 4 is 12.0 Å². The van der Waals surface area contributed by atoms with Gasteiger partial charge < -0.3 is 9.80 Å². The summed E-state index contributed by atoms with van der Waals surface area (Å²) in [4.78, 5) is 21.4. The van der Waals surface area contributed by atoms with Gasteiger partial charge in [0.15, 0.2) is 0 Å². The summed E-state index contributed by atoms with van der Waals surface area (Å²) in [5.74, 6) is -0.0918. The second kappa shape index (κ2) is 11.7. The molecule has 0 fully saturated rings. The quantitative estimate of drug-likeness (QED) is 0.335. The Hall–Kier alpha value is -4.54. The van der Waals surface area contributed by atoms with E-state index in [9.17, 15) is 4.79 Å². The lowest BCUT2D eigenvalue weighted by molar-refractivity contribution is -0.126. The molecule has 7 nitrogen and oxygen atoms in total. The average Bonchev–Trinajstić information content (AvgIpc) is 3.35. The molecule has 0 radical (unpaired) electrons. The van der Waals surface area contributed by atoms with Crippen LogP contribution < -0.4 is 0 Å². The molecule has 4 aromatic rings. The number of amides is 1. The number of hydrogen-bond acceptors (Lipinski definition) is 5. The van der Waals surface area contributed by atoms with Crippen molar-refractivity contribution in [2.75, 3.05) is 27.2 Å². The summed E-state index contributed by atoms with van der Waals surface area (Å²) in [6.45, 7) is 1.78. The van der Waals surface area contributed by atoms with E-state index in [0.717, 1.165) is 34.6 Å². The maximum absolute atomic E-state index is 13.3. The molecule has 0 aliphatic carbocycles. The highest BCUT2D eigenvalue weighted by Crippen LogP contribution is 2.24. The third kappa shape index (κ3) is 6.32. The largest absolute Gasteiger partial charge is 0.334 e. The van der Waals surface area contributed by atoms with Crippen molar-refractivity contribution in [1.82, 2.24) is 24.6 Å². The van der Waals surface area contributed by atoms with Crippen molar-refractivity contribution in [3.05, 3.63) is 108 Å². The summed E-state index contributed by atoms with van der Waals surface area (Å²) in [5, 5.41) is 13.8. The smallest absolute Gasteiger partial charge is 0.246 e. The Morgan fingerprint density at radius 2 is 1.81 bits per heavy atom. The van der Waals surface area contributed by atoms with Gasteiger partial charge in [-0.2, -0.15) is 10.4 Å². The summed E-state index contributed by atoms with van der Waals surface area (Å²) in [6.07, 6.45) is 8.84. The number of pyridine rings is 1. The highest BCUT2D eigenvalue weighted by atomic mass is 16.2. The first-order valence-corrected chi connectivity index (χ1v) is 11.7. The Morgan fingerprint density at radius 3 is 2.47 bits per heavy atom. The molecule has 0 spiro atoms. The first-order chi connectivity index (χ1) is 17.5. The molecule has 180 valence electrons. The Kier molecular flexibility index (Phi) is 8.01. The van der Waals surface area contributed by atoms with Crippen LogP contribution in [0, 0.1) is 11.3 Å². The van der Waals surface area contributed by atoms with Gasteiger partial charge in [0.05, 0.1) is 17.3 Å². The van der Waals surface area contributed by atoms with Gasteiger partial charge in [0, 0.05) is 55.4 Å². The predicted molar refractivity (Wildman–Crippen MR) is 141 cm³/mol. The zero-order valence-electron chi connectivity index (χ0n) is 20.5. The molecule has 2 aromatic heterocycles. The molecular formula is C29H28N6O. The molecule has 2 aromatic carbocycles. The molecule has 0 bridgehead atoms. The summed E-state index contributed by atoms with van der Waals surface area (Å²) in [6, 6.07) is 23.2. The third-order valence-corrected chi connectivity index (χ3v) is 5.69. The maximum atomic E-state index is 13.3. The SMILES string of the molecule is CN(C)CCN(Cc1ccc(C#N)cc1)C(=O)C=Cc1cn(-c2ccccc2)nc1-c1cccnc1. The van der Waals surface area contributed by atoms with Gasteiger partial charge in [-0.3, -0.25) is 9.78 Å². The summed E-state index contributed by atoms with van der Waals surface area (Å²) in [5.41, 5.74) is 4.96. The van der Waals surface area contributed by atoms with Crippen LogP contribution in [0.15, 0.2) is 91.4 Å². The first kappa shape index (κ1) is 24.6. The minimum atomic E-state index is -0.0918. The fourth-order valence-corrected chi connectivity index (χ4v) is 3.71.